The molecule has 0 atom stereocenters. The molecule has 1 aliphatic heterocycles. The van der Waals surface area contributed by atoms with Crippen molar-refractivity contribution in [3.8, 4) is 17.4 Å². The highest BCUT2D eigenvalue weighted by molar-refractivity contribution is 5.91. The number of para-hydroxylation sites is 1. The zero-order valence-corrected chi connectivity index (χ0v) is 13.6. The van der Waals surface area contributed by atoms with Crippen molar-refractivity contribution in [1.29, 1.82) is 0 Å². The third-order valence-corrected chi connectivity index (χ3v) is 4.13. The molecule has 0 radical (unpaired) electrons. The van der Waals surface area contributed by atoms with Crippen LogP contribution in [0.2, 0.25) is 0 Å². The van der Waals surface area contributed by atoms with Gasteiger partial charge in [-0.2, -0.15) is 10.1 Å². The zero-order chi connectivity index (χ0) is 16.5. The van der Waals surface area contributed by atoms with E-state index in [2.05, 4.69) is 28.3 Å². The minimum atomic E-state index is 0.443. The van der Waals surface area contributed by atoms with Crippen molar-refractivity contribution in [2.45, 2.75) is 26.4 Å². The molecule has 0 aliphatic carbocycles. The van der Waals surface area contributed by atoms with E-state index >= 15 is 0 Å². The summed E-state index contributed by atoms with van der Waals surface area (Å²) < 4.78 is 7.73. The summed E-state index contributed by atoms with van der Waals surface area (Å²) in [5.41, 5.74) is 8.79. The highest BCUT2D eigenvalue weighted by Gasteiger charge is 2.20. The van der Waals surface area contributed by atoms with E-state index in [0.29, 0.717) is 30.7 Å². The average Bonchev–Trinajstić information content (AvgIpc) is 2.78. The van der Waals surface area contributed by atoms with Gasteiger partial charge in [-0.1, -0.05) is 25.1 Å². The molecular formula is C17H20N6O. The smallest absolute Gasteiger partial charge is 0.223 e. The molecule has 1 aliphatic rings. The van der Waals surface area contributed by atoms with E-state index in [1.807, 2.05) is 22.9 Å². The molecule has 0 spiro atoms. The maximum Gasteiger partial charge on any atom is 0.223 e. The van der Waals surface area contributed by atoms with E-state index in [4.69, 9.17) is 15.6 Å². The number of hydrogen-bond acceptors (Lipinski definition) is 6. The number of aromatic nitrogens is 4. The van der Waals surface area contributed by atoms with Crippen LogP contribution in [0.1, 0.15) is 18.9 Å². The number of hydrogen-bond donors (Lipinski definition) is 2. The van der Waals surface area contributed by atoms with E-state index in [1.54, 1.807) is 0 Å². The van der Waals surface area contributed by atoms with Crippen LogP contribution in [0.3, 0.4) is 0 Å². The van der Waals surface area contributed by atoms with Crippen LogP contribution in [0.25, 0.3) is 22.4 Å². The van der Waals surface area contributed by atoms with Crippen LogP contribution in [0.4, 0.5) is 5.82 Å². The molecule has 1 aromatic carbocycles. The van der Waals surface area contributed by atoms with E-state index in [1.165, 1.54) is 0 Å². The van der Waals surface area contributed by atoms with Crippen LogP contribution < -0.4 is 15.8 Å². The molecule has 7 heteroatoms. The third-order valence-electron chi connectivity index (χ3n) is 4.13. The second-order valence-corrected chi connectivity index (χ2v) is 5.83. The molecule has 0 saturated carbocycles. The Kier molecular flexibility index (Phi) is 3.78. The van der Waals surface area contributed by atoms with Crippen molar-refractivity contribution in [2.75, 3.05) is 18.9 Å². The number of anilines is 1. The maximum atomic E-state index is 6.15. The number of nitrogens with zero attached hydrogens (tertiary/aromatic N) is 4. The van der Waals surface area contributed by atoms with E-state index in [-0.39, 0.29) is 0 Å². The Hall–Kier alpha value is -2.67. The molecule has 2 aromatic heterocycles. The molecule has 3 aromatic rings. The summed E-state index contributed by atoms with van der Waals surface area (Å²) in [4.78, 5) is 9.09. The first-order valence-corrected chi connectivity index (χ1v) is 8.23. The SMILES string of the molecule is CCCn1nc(-c2nc(N)c3c(n2)OCCNC3)c2ccccc21. The summed E-state index contributed by atoms with van der Waals surface area (Å²) in [5, 5.41) is 9.00. The number of fused-ring (bicyclic) bond motifs is 2. The van der Waals surface area contributed by atoms with Gasteiger partial charge in [0.05, 0.1) is 11.1 Å². The monoisotopic (exact) mass is 324 g/mol. The molecule has 3 N–H and O–H groups in total. The van der Waals surface area contributed by atoms with Crippen molar-refractivity contribution in [3.63, 3.8) is 0 Å². The topological polar surface area (TPSA) is 90.9 Å². The van der Waals surface area contributed by atoms with E-state index in [0.717, 1.165) is 41.7 Å². The Balaban J connectivity index is 1.89. The standard InChI is InChI=1S/C17H20N6O/c1-2-8-23-13-6-4-3-5-11(13)14(22-23)16-20-15(18)12-10-19-7-9-24-17(12)21-16/h3-6,19H,2,7-10H2,1H3,(H2,18,20,21). The van der Waals surface area contributed by atoms with Gasteiger partial charge in [0.15, 0.2) is 5.82 Å². The van der Waals surface area contributed by atoms with Gasteiger partial charge in [-0.15, -0.1) is 0 Å². The highest BCUT2D eigenvalue weighted by Crippen LogP contribution is 2.30. The van der Waals surface area contributed by atoms with Crippen molar-refractivity contribution in [3.05, 3.63) is 29.8 Å². The highest BCUT2D eigenvalue weighted by atomic mass is 16.5. The van der Waals surface area contributed by atoms with Gasteiger partial charge in [0.25, 0.3) is 0 Å². The Morgan fingerprint density at radius 3 is 3.04 bits per heavy atom. The van der Waals surface area contributed by atoms with Gasteiger partial charge >= 0.3 is 0 Å². The predicted octanol–water partition coefficient (Wildman–Crippen LogP) is 1.97. The van der Waals surface area contributed by atoms with Crippen LogP contribution in [0.5, 0.6) is 5.88 Å². The summed E-state index contributed by atoms with van der Waals surface area (Å²) in [6, 6.07) is 8.12. The van der Waals surface area contributed by atoms with Gasteiger partial charge < -0.3 is 15.8 Å². The minimum absolute atomic E-state index is 0.443. The lowest BCUT2D eigenvalue weighted by molar-refractivity contribution is 0.314. The predicted molar refractivity (Wildman–Crippen MR) is 92.7 cm³/mol. The molecule has 0 fully saturated rings. The maximum absolute atomic E-state index is 6.15. The molecule has 0 amide bonds. The second-order valence-electron chi connectivity index (χ2n) is 5.83. The number of rotatable bonds is 3. The number of ether oxygens (including phenoxy) is 1. The molecular weight excluding hydrogens is 304 g/mol. The Labute approximate surface area is 139 Å². The number of benzene rings is 1. The van der Waals surface area contributed by atoms with Gasteiger partial charge in [-0.25, -0.2) is 4.98 Å². The fourth-order valence-electron chi connectivity index (χ4n) is 2.98. The molecule has 0 saturated heterocycles. The molecule has 24 heavy (non-hydrogen) atoms. The van der Waals surface area contributed by atoms with Crippen LogP contribution in [0.15, 0.2) is 24.3 Å². The second kappa shape index (κ2) is 6.09. The summed E-state index contributed by atoms with van der Waals surface area (Å²) >= 11 is 0. The zero-order valence-electron chi connectivity index (χ0n) is 13.6. The van der Waals surface area contributed by atoms with Crippen LogP contribution in [-0.4, -0.2) is 32.9 Å². The Morgan fingerprint density at radius 1 is 1.29 bits per heavy atom. The van der Waals surface area contributed by atoms with Gasteiger partial charge in [0.2, 0.25) is 5.88 Å². The fourth-order valence-corrected chi connectivity index (χ4v) is 2.98. The van der Waals surface area contributed by atoms with Crippen LogP contribution in [-0.2, 0) is 13.1 Å². The summed E-state index contributed by atoms with van der Waals surface area (Å²) in [5.74, 6) is 1.51. The van der Waals surface area contributed by atoms with Crippen molar-refractivity contribution in [1.82, 2.24) is 25.1 Å². The Morgan fingerprint density at radius 2 is 2.17 bits per heavy atom. The normalized spacial score (nSPS) is 14.2. The van der Waals surface area contributed by atoms with Crippen molar-refractivity contribution < 1.29 is 4.74 Å². The van der Waals surface area contributed by atoms with Gasteiger partial charge in [0, 0.05) is 25.0 Å². The largest absolute Gasteiger partial charge is 0.476 e. The van der Waals surface area contributed by atoms with E-state index < -0.39 is 0 Å². The molecule has 7 nitrogen and oxygen atoms in total. The first kappa shape index (κ1) is 14.9. The molecule has 0 unspecified atom stereocenters. The lowest BCUT2D eigenvalue weighted by Crippen LogP contribution is -2.16. The number of nitrogens with two attached hydrogens (primary N) is 1. The van der Waals surface area contributed by atoms with Crippen molar-refractivity contribution in [2.24, 2.45) is 0 Å². The quantitative estimate of drug-likeness (QED) is 0.765. The average molecular weight is 324 g/mol. The van der Waals surface area contributed by atoms with Gasteiger partial charge in [-0.05, 0) is 12.5 Å². The molecule has 3 heterocycles. The molecule has 0 bridgehead atoms. The lowest BCUT2D eigenvalue weighted by atomic mass is 10.2. The first-order chi connectivity index (χ1) is 11.8. The van der Waals surface area contributed by atoms with Crippen LogP contribution >= 0.6 is 0 Å². The third kappa shape index (κ3) is 2.46. The minimum Gasteiger partial charge on any atom is -0.476 e. The van der Waals surface area contributed by atoms with Crippen molar-refractivity contribution >= 4 is 16.7 Å². The summed E-state index contributed by atoms with van der Waals surface area (Å²) in [6.07, 6.45) is 1.01. The van der Waals surface area contributed by atoms with Gasteiger partial charge in [0.1, 0.15) is 18.1 Å². The number of nitrogen functional groups attached to an aromatic ring is 1. The van der Waals surface area contributed by atoms with Crippen LogP contribution in [0, 0.1) is 0 Å². The number of nitrogens with one attached hydrogen (secondary N) is 1. The first-order valence-electron chi connectivity index (χ1n) is 8.23. The summed E-state index contributed by atoms with van der Waals surface area (Å²) in [7, 11) is 0. The fraction of sp³-hybridized carbons (Fsp3) is 0.353. The molecule has 124 valence electrons. The number of aryl methyl sites for hydroxylation is 1. The summed E-state index contributed by atoms with van der Waals surface area (Å²) in [6.45, 7) is 4.93. The lowest BCUT2D eigenvalue weighted by Gasteiger charge is -2.09. The van der Waals surface area contributed by atoms with Gasteiger partial charge in [-0.3, -0.25) is 4.68 Å². The van der Waals surface area contributed by atoms with E-state index in [9.17, 15) is 0 Å². The Bertz CT molecular complexity index is 888. The molecule has 4 rings (SSSR count).